The molecule has 0 radical (unpaired) electrons. The van der Waals surface area contributed by atoms with Crippen LogP contribution in [0.4, 0.5) is 5.69 Å². The number of para-hydroxylation sites is 1. The van der Waals surface area contributed by atoms with E-state index < -0.39 is 0 Å². The van der Waals surface area contributed by atoms with Crippen molar-refractivity contribution in [3.8, 4) is 17.2 Å². The lowest BCUT2D eigenvalue weighted by Gasteiger charge is -2.18. The SMILES string of the molecule is Cc1ccccc1OC[C@H](C)NC(=S)Nc1ccc2c(c1)OCO2. The van der Waals surface area contributed by atoms with Crippen LogP contribution in [0.2, 0.25) is 0 Å². The molecule has 24 heavy (non-hydrogen) atoms. The number of anilines is 1. The van der Waals surface area contributed by atoms with E-state index in [0.717, 1.165) is 28.5 Å². The molecule has 0 fully saturated rings. The van der Waals surface area contributed by atoms with Crippen molar-refractivity contribution in [3.05, 3.63) is 48.0 Å². The first kappa shape index (κ1) is 16.4. The average molecular weight is 344 g/mol. The topological polar surface area (TPSA) is 51.8 Å². The highest BCUT2D eigenvalue weighted by Crippen LogP contribution is 2.34. The number of ether oxygens (including phenoxy) is 3. The van der Waals surface area contributed by atoms with E-state index >= 15 is 0 Å². The summed E-state index contributed by atoms with van der Waals surface area (Å²) in [6, 6.07) is 13.6. The number of hydrogen-bond donors (Lipinski definition) is 2. The minimum atomic E-state index is 0.0682. The zero-order valence-corrected chi connectivity index (χ0v) is 14.5. The molecule has 0 saturated carbocycles. The van der Waals surface area contributed by atoms with Crippen LogP contribution < -0.4 is 24.8 Å². The average Bonchev–Trinajstić information content (AvgIpc) is 3.01. The Morgan fingerprint density at radius 2 is 2.00 bits per heavy atom. The predicted molar refractivity (Wildman–Crippen MR) is 98.1 cm³/mol. The Morgan fingerprint density at radius 3 is 2.83 bits per heavy atom. The third-order valence-electron chi connectivity index (χ3n) is 3.59. The van der Waals surface area contributed by atoms with Gasteiger partial charge in [0.25, 0.3) is 0 Å². The number of hydrogen-bond acceptors (Lipinski definition) is 4. The Bertz CT molecular complexity index is 736. The Balaban J connectivity index is 1.48. The number of thiocarbonyl (C=S) groups is 1. The van der Waals surface area contributed by atoms with E-state index in [2.05, 4.69) is 10.6 Å². The lowest BCUT2D eigenvalue weighted by atomic mass is 10.2. The summed E-state index contributed by atoms with van der Waals surface area (Å²) in [7, 11) is 0. The third kappa shape index (κ3) is 4.08. The third-order valence-corrected chi connectivity index (χ3v) is 3.81. The van der Waals surface area contributed by atoms with Crippen molar-refractivity contribution in [2.24, 2.45) is 0 Å². The predicted octanol–water partition coefficient (Wildman–Crippen LogP) is 3.48. The lowest BCUT2D eigenvalue weighted by Crippen LogP contribution is -2.39. The van der Waals surface area contributed by atoms with Gasteiger partial charge < -0.3 is 24.8 Å². The summed E-state index contributed by atoms with van der Waals surface area (Å²) in [5, 5.41) is 6.89. The number of benzene rings is 2. The minimum absolute atomic E-state index is 0.0682. The van der Waals surface area contributed by atoms with Crippen LogP contribution in [0, 0.1) is 6.92 Å². The van der Waals surface area contributed by atoms with E-state index in [1.165, 1.54) is 0 Å². The number of fused-ring (bicyclic) bond motifs is 1. The van der Waals surface area contributed by atoms with E-state index in [1.54, 1.807) is 0 Å². The molecule has 0 amide bonds. The monoisotopic (exact) mass is 344 g/mol. The molecule has 0 unspecified atom stereocenters. The van der Waals surface area contributed by atoms with Crippen LogP contribution in [0.3, 0.4) is 0 Å². The first-order valence-corrected chi connectivity index (χ1v) is 8.18. The van der Waals surface area contributed by atoms with Gasteiger partial charge in [0.05, 0.1) is 6.04 Å². The molecule has 0 saturated heterocycles. The van der Waals surface area contributed by atoms with Crippen LogP contribution >= 0.6 is 12.2 Å². The highest BCUT2D eigenvalue weighted by molar-refractivity contribution is 7.80. The molecular formula is C18H20N2O3S. The number of rotatable bonds is 5. The Morgan fingerprint density at radius 1 is 1.21 bits per heavy atom. The van der Waals surface area contributed by atoms with Gasteiger partial charge in [0.15, 0.2) is 16.6 Å². The summed E-state index contributed by atoms with van der Waals surface area (Å²) in [6.07, 6.45) is 0. The second-order valence-corrected chi connectivity index (χ2v) is 6.05. The molecular weight excluding hydrogens is 324 g/mol. The van der Waals surface area contributed by atoms with Gasteiger partial charge in [-0.05, 0) is 49.8 Å². The Kier molecular flexibility index (Phi) is 5.05. The van der Waals surface area contributed by atoms with Crippen LogP contribution in [-0.2, 0) is 0 Å². The summed E-state index contributed by atoms with van der Waals surface area (Å²) in [5.74, 6) is 2.36. The number of nitrogens with one attached hydrogen (secondary N) is 2. The molecule has 0 spiro atoms. The smallest absolute Gasteiger partial charge is 0.231 e. The molecule has 0 aromatic heterocycles. The molecule has 1 aliphatic rings. The van der Waals surface area contributed by atoms with Gasteiger partial charge in [-0.2, -0.15) is 0 Å². The molecule has 2 N–H and O–H groups in total. The fraction of sp³-hybridized carbons (Fsp3) is 0.278. The number of aryl methyl sites for hydroxylation is 1. The molecule has 126 valence electrons. The van der Waals surface area contributed by atoms with E-state index in [4.69, 9.17) is 26.4 Å². The summed E-state index contributed by atoms with van der Waals surface area (Å²) in [4.78, 5) is 0. The maximum Gasteiger partial charge on any atom is 0.231 e. The lowest BCUT2D eigenvalue weighted by molar-refractivity contribution is 0.174. The minimum Gasteiger partial charge on any atom is -0.491 e. The van der Waals surface area contributed by atoms with Gasteiger partial charge in [-0.1, -0.05) is 18.2 Å². The van der Waals surface area contributed by atoms with Crippen molar-refractivity contribution in [3.63, 3.8) is 0 Å². The summed E-state index contributed by atoms with van der Waals surface area (Å²) in [6.45, 7) is 4.83. The van der Waals surface area contributed by atoms with Crippen molar-refractivity contribution in [2.45, 2.75) is 19.9 Å². The summed E-state index contributed by atoms with van der Waals surface area (Å²) >= 11 is 5.35. The molecule has 0 aliphatic carbocycles. The Hall–Kier alpha value is -2.47. The van der Waals surface area contributed by atoms with Crippen LogP contribution in [-0.4, -0.2) is 24.6 Å². The molecule has 6 heteroatoms. The van der Waals surface area contributed by atoms with Gasteiger partial charge in [-0.3, -0.25) is 0 Å². The fourth-order valence-corrected chi connectivity index (χ4v) is 2.66. The summed E-state index contributed by atoms with van der Waals surface area (Å²) < 4.78 is 16.5. The van der Waals surface area contributed by atoms with Crippen LogP contribution in [0.25, 0.3) is 0 Å². The van der Waals surface area contributed by atoms with Crippen molar-refractivity contribution >= 4 is 23.0 Å². The van der Waals surface area contributed by atoms with Crippen molar-refractivity contribution in [1.82, 2.24) is 5.32 Å². The van der Waals surface area contributed by atoms with Gasteiger partial charge in [0, 0.05) is 11.8 Å². The first-order chi connectivity index (χ1) is 11.6. The highest BCUT2D eigenvalue weighted by Gasteiger charge is 2.14. The van der Waals surface area contributed by atoms with Gasteiger partial charge in [0.1, 0.15) is 12.4 Å². The second-order valence-electron chi connectivity index (χ2n) is 5.64. The van der Waals surface area contributed by atoms with E-state index in [-0.39, 0.29) is 12.8 Å². The molecule has 2 aromatic rings. The zero-order valence-electron chi connectivity index (χ0n) is 13.7. The van der Waals surface area contributed by atoms with Crippen LogP contribution in [0.15, 0.2) is 42.5 Å². The highest BCUT2D eigenvalue weighted by atomic mass is 32.1. The standard InChI is InChI=1S/C18H20N2O3S/c1-12-5-3-4-6-15(12)21-10-13(2)19-18(24)20-14-7-8-16-17(9-14)23-11-22-16/h3-9,13H,10-11H2,1-2H3,(H2,19,20,24)/t13-/m0/s1. The molecule has 3 rings (SSSR count). The first-order valence-electron chi connectivity index (χ1n) is 7.77. The molecule has 0 bridgehead atoms. The van der Waals surface area contributed by atoms with E-state index in [1.807, 2.05) is 56.3 Å². The van der Waals surface area contributed by atoms with Gasteiger partial charge in [-0.25, -0.2) is 0 Å². The largest absolute Gasteiger partial charge is 0.491 e. The molecule has 1 heterocycles. The van der Waals surface area contributed by atoms with E-state index in [9.17, 15) is 0 Å². The summed E-state index contributed by atoms with van der Waals surface area (Å²) in [5.41, 5.74) is 1.97. The van der Waals surface area contributed by atoms with Gasteiger partial charge in [0.2, 0.25) is 6.79 Å². The van der Waals surface area contributed by atoms with Crippen molar-refractivity contribution in [2.75, 3.05) is 18.7 Å². The molecule has 1 atom stereocenters. The van der Waals surface area contributed by atoms with Crippen molar-refractivity contribution in [1.29, 1.82) is 0 Å². The fourth-order valence-electron chi connectivity index (χ4n) is 2.34. The quantitative estimate of drug-likeness (QED) is 0.810. The zero-order chi connectivity index (χ0) is 16.9. The Labute approximate surface area is 146 Å². The maximum atomic E-state index is 5.82. The van der Waals surface area contributed by atoms with Crippen LogP contribution in [0.5, 0.6) is 17.2 Å². The van der Waals surface area contributed by atoms with E-state index in [0.29, 0.717) is 11.7 Å². The van der Waals surface area contributed by atoms with Crippen LogP contribution in [0.1, 0.15) is 12.5 Å². The van der Waals surface area contributed by atoms with Gasteiger partial charge >= 0.3 is 0 Å². The maximum absolute atomic E-state index is 5.82. The molecule has 5 nitrogen and oxygen atoms in total. The second kappa shape index (κ2) is 7.40. The van der Waals surface area contributed by atoms with Gasteiger partial charge in [-0.15, -0.1) is 0 Å². The molecule has 1 aliphatic heterocycles. The molecule has 2 aromatic carbocycles. The van der Waals surface area contributed by atoms with Crippen molar-refractivity contribution < 1.29 is 14.2 Å². The normalized spacial score (nSPS) is 13.2.